The van der Waals surface area contributed by atoms with Crippen molar-refractivity contribution in [3.8, 4) is 0 Å². The van der Waals surface area contributed by atoms with Crippen LogP contribution in [-0.4, -0.2) is 44.7 Å². The average Bonchev–Trinajstić information content (AvgIpc) is 2.67. The van der Waals surface area contributed by atoms with Crippen LogP contribution in [0.1, 0.15) is 44.5 Å². The second-order valence-electron chi connectivity index (χ2n) is 5.26. The summed E-state index contributed by atoms with van der Waals surface area (Å²) in [7, 11) is 0. The number of aliphatic hydroxyl groups excluding tert-OH is 3. The van der Waals surface area contributed by atoms with E-state index in [1.54, 1.807) is 6.92 Å². The van der Waals surface area contributed by atoms with Crippen LogP contribution in [0.25, 0.3) is 0 Å². The van der Waals surface area contributed by atoms with Gasteiger partial charge in [-0.1, -0.05) is 67.6 Å². The van der Waals surface area contributed by atoms with Crippen molar-refractivity contribution in [1.29, 1.82) is 0 Å². The SMILES string of the molecule is [2H]C(C=CC(O)CC)=C([2H])CC(O)C=CC=CC([2H])=C([2H])C(O)CCCC(=O)O. The molecule has 0 fully saturated rings. The van der Waals surface area contributed by atoms with Crippen LogP contribution < -0.4 is 0 Å². The molecular formula is C20H30O5. The maximum absolute atomic E-state index is 10.4. The fourth-order valence-corrected chi connectivity index (χ4v) is 1.54. The van der Waals surface area contributed by atoms with Crippen LogP contribution in [0.5, 0.6) is 0 Å². The number of carboxylic acid groups (broad SMARTS) is 1. The van der Waals surface area contributed by atoms with Gasteiger partial charge in [-0.25, -0.2) is 0 Å². The number of hydrogen-bond acceptors (Lipinski definition) is 4. The lowest BCUT2D eigenvalue weighted by Crippen LogP contribution is -2.03. The average molecular weight is 354 g/mol. The zero-order valence-electron chi connectivity index (χ0n) is 18.4. The molecule has 0 saturated carbocycles. The fourth-order valence-electron chi connectivity index (χ4n) is 1.54. The smallest absolute Gasteiger partial charge is 0.303 e. The number of rotatable bonds is 13. The highest BCUT2D eigenvalue weighted by molar-refractivity contribution is 5.66. The Morgan fingerprint density at radius 3 is 2.40 bits per heavy atom. The number of aliphatic hydroxyl groups is 3. The molecule has 0 aromatic carbocycles. The standard InChI is InChI=1S/C20H30O5/c1-2-17(21)11-8-5-9-14-18(22)12-6-3-4-7-13-19(23)15-10-16-20(24)25/h3-9,11-13,17-19,21-23H,2,10,14-16H2,1H3,(H,24,25)/i5D,7D,9D,13D. The molecule has 0 radical (unpaired) electrons. The molecule has 25 heavy (non-hydrogen) atoms. The molecule has 140 valence electrons. The van der Waals surface area contributed by atoms with Gasteiger partial charge in [0.1, 0.15) is 0 Å². The molecule has 0 aromatic heterocycles. The second kappa shape index (κ2) is 15.6. The van der Waals surface area contributed by atoms with Gasteiger partial charge >= 0.3 is 5.97 Å². The maximum atomic E-state index is 10.4. The predicted octanol–water partition coefficient (Wildman–Crippen LogP) is 2.91. The van der Waals surface area contributed by atoms with Crippen molar-refractivity contribution >= 4 is 5.97 Å². The predicted molar refractivity (Wildman–Crippen MR) is 100 cm³/mol. The summed E-state index contributed by atoms with van der Waals surface area (Å²) in [5.74, 6) is -0.986. The lowest BCUT2D eigenvalue weighted by atomic mass is 10.1. The van der Waals surface area contributed by atoms with E-state index in [9.17, 15) is 20.1 Å². The zero-order chi connectivity index (χ0) is 22.4. The molecule has 0 bridgehead atoms. The molecule has 5 heteroatoms. The first kappa shape index (κ1) is 16.5. The first-order chi connectivity index (χ1) is 13.6. The van der Waals surface area contributed by atoms with E-state index >= 15 is 0 Å². The Hall–Kier alpha value is -1.95. The largest absolute Gasteiger partial charge is 0.481 e. The summed E-state index contributed by atoms with van der Waals surface area (Å²) in [6.45, 7) is 1.79. The first-order valence-electron chi connectivity index (χ1n) is 10.2. The third-order valence-corrected chi connectivity index (χ3v) is 2.98. The first-order valence-corrected chi connectivity index (χ1v) is 8.21. The highest BCUT2D eigenvalue weighted by Crippen LogP contribution is 2.02. The third kappa shape index (κ3) is 16.7. The van der Waals surface area contributed by atoms with E-state index in [2.05, 4.69) is 0 Å². The van der Waals surface area contributed by atoms with E-state index in [0.29, 0.717) is 6.42 Å². The zero-order valence-corrected chi connectivity index (χ0v) is 14.4. The minimum absolute atomic E-state index is 0.0771. The van der Waals surface area contributed by atoms with Crippen molar-refractivity contribution in [2.24, 2.45) is 0 Å². The number of carbonyl (C=O) groups is 1. The molecular weight excluding hydrogens is 320 g/mol. The lowest BCUT2D eigenvalue weighted by molar-refractivity contribution is -0.137. The van der Waals surface area contributed by atoms with Crippen molar-refractivity contribution in [1.82, 2.24) is 0 Å². The van der Waals surface area contributed by atoms with Gasteiger partial charge in [0.2, 0.25) is 0 Å². The van der Waals surface area contributed by atoms with Crippen LogP contribution in [0.2, 0.25) is 0 Å². The van der Waals surface area contributed by atoms with Crippen molar-refractivity contribution < 1.29 is 30.7 Å². The summed E-state index contributed by atoms with van der Waals surface area (Å²) < 4.78 is 30.9. The van der Waals surface area contributed by atoms with Gasteiger partial charge < -0.3 is 20.4 Å². The molecule has 0 rings (SSSR count). The van der Waals surface area contributed by atoms with Crippen LogP contribution in [-0.2, 0) is 4.79 Å². The summed E-state index contributed by atoms with van der Waals surface area (Å²) in [6.07, 6.45) is 5.84. The maximum Gasteiger partial charge on any atom is 0.303 e. The number of carboxylic acids is 1. The highest BCUT2D eigenvalue weighted by atomic mass is 16.4. The Bertz CT molecular complexity index is 668. The van der Waals surface area contributed by atoms with Crippen molar-refractivity contribution in [2.45, 2.75) is 57.3 Å². The molecule has 3 atom stereocenters. The van der Waals surface area contributed by atoms with Crippen LogP contribution in [0.4, 0.5) is 0 Å². The molecule has 0 aromatic rings. The second-order valence-corrected chi connectivity index (χ2v) is 5.26. The van der Waals surface area contributed by atoms with Crippen molar-refractivity contribution in [2.75, 3.05) is 0 Å². The number of hydrogen-bond donors (Lipinski definition) is 4. The summed E-state index contributed by atoms with van der Waals surface area (Å²) in [6, 6.07) is -0.754. The Morgan fingerprint density at radius 2 is 1.72 bits per heavy atom. The molecule has 0 heterocycles. The van der Waals surface area contributed by atoms with Crippen LogP contribution in [0, 0.1) is 0 Å². The monoisotopic (exact) mass is 354 g/mol. The Kier molecular flexibility index (Phi) is 10.3. The van der Waals surface area contributed by atoms with Crippen LogP contribution in [0.15, 0.2) is 60.7 Å². The molecule has 0 aliphatic carbocycles. The van der Waals surface area contributed by atoms with Gasteiger partial charge in [0.25, 0.3) is 0 Å². The summed E-state index contributed by atoms with van der Waals surface area (Å²) in [5.41, 5.74) is 0. The lowest BCUT2D eigenvalue weighted by Gasteiger charge is -2.02. The van der Waals surface area contributed by atoms with Crippen LogP contribution in [0.3, 0.4) is 0 Å². The fraction of sp³-hybridized carbons (Fsp3) is 0.450. The van der Waals surface area contributed by atoms with E-state index in [0.717, 1.165) is 0 Å². The quantitative estimate of drug-likeness (QED) is 0.381. The van der Waals surface area contributed by atoms with Gasteiger partial charge in [-0.3, -0.25) is 4.79 Å². The van der Waals surface area contributed by atoms with Gasteiger partial charge in [-0.05, 0) is 25.7 Å². The van der Waals surface area contributed by atoms with Gasteiger partial charge in [0.15, 0.2) is 0 Å². The molecule has 0 spiro atoms. The molecule has 0 saturated heterocycles. The Morgan fingerprint density at radius 1 is 1.00 bits per heavy atom. The summed E-state index contributed by atoms with van der Waals surface area (Å²) in [4.78, 5) is 10.4. The minimum atomic E-state index is -1.22. The normalized spacial score (nSPS) is 20.5. The minimum Gasteiger partial charge on any atom is -0.481 e. The molecule has 4 N–H and O–H groups in total. The number of aliphatic carboxylic acids is 1. The highest BCUT2D eigenvalue weighted by Gasteiger charge is 2.01. The third-order valence-electron chi connectivity index (χ3n) is 2.98. The Balaban J connectivity index is 4.69. The van der Waals surface area contributed by atoms with E-state index in [4.69, 9.17) is 10.6 Å². The summed E-state index contributed by atoms with van der Waals surface area (Å²) in [5, 5.41) is 37.6. The molecule has 5 nitrogen and oxygen atoms in total. The van der Waals surface area contributed by atoms with E-state index < -0.39 is 24.3 Å². The molecule has 0 amide bonds. The van der Waals surface area contributed by atoms with E-state index in [-0.39, 0.29) is 49.9 Å². The van der Waals surface area contributed by atoms with Crippen molar-refractivity contribution in [3.63, 3.8) is 0 Å². The molecule has 3 unspecified atom stereocenters. The molecule has 0 aliphatic heterocycles. The Labute approximate surface area is 155 Å². The van der Waals surface area contributed by atoms with E-state index in [1.807, 2.05) is 0 Å². The van der Waals surface area contributed by atoms with Gasteiger partial charge in [0.05, 0.1) is 23.8 Å². The van der Waals surface area contributed by atoms with Gasteiger partial charge in [0, 0.05) is 6.42 Å². The molecule has 0 aliphatic rings. The van der Waals surface area contributed by atoms with Crippen molar-refractivity contribution in [3.05, 3.63) is 60.7 Å². The van der Waals surface area contributed by atoms with Crippen LogP contribution >= 0.6 is 0 Å². The summed E-state index contributed by atoms with van der Waals surface area (Å²) >= 11 is 0. The van der Waals surface area contributed by atoms with E-state index in [1.165, 1.54) is 36.5 Å². The van der Waals surface area contributed by atoms with Gasteiger partial charge in [-0.15, -0.1) is 0 Å². The number of allylic oxidation sites excluding steroid dienone is 6. The topological polar surface area (TPSA) is 98.0 Å². The van der Waals surface area contributed by atoms with Gasteiger partial charge in [-0.2, -0.15) is 0 Å².